The Balaban J connectivity index is 0.00000133. The molecule has 0 amide bonds. The highest BCUT2D eigenvalue weighted by Gasteiger charge is 2.19. The highest BCUT2D eigenvalue weighted by molar-refractivity contribution is 6.30. The number of hydrogen-bond donors (Lipinski definition) is 1. The fourth-order valence-corrected chi connectivity index (χ4v) is 2.84. The summed E-state index contributed by atoms with van der Waals surface area (Å²) in [5.74, 6) is 0. The lowest BCUT2D eigenvalue weighted by atomic mass is 10.1. The molecule has 0 radical (unpaired) electrons. The van der Waals surface area contributed by atoms with Gasteiger partial charge in [0.15, 0.2) is 5.22 Å². The third-order valence-electron chi connectivity index (χ3n) is 3.48. The Morgan fingerprint density at radius 3 is 3.00 bits per heavy atom. The van der Waals surface area contributed by atoms with Crippen LogP contribution in [0.3, 0.4) is 0 Å². The van der Waals surface area contributed by atoms with Gasteiger partial charge in [0.05, 0.1) is 0 Å². The van der Waals surface area contributed by atoms with Crippen LogP contribution in [0, 0.1) is 0 Å². The summed E-state index contributed by atoms with van der Waals surface area (Å²) in [6, 6.07) is 8.57. The molecule has 1 N–H and O–H groups in total. The molecule has 1 aliphatic rings. The first kappa shape index (κ1) is 14.7. The predicted molar refractivity (Wildman–Crippen MR) is 81.2 cm³/mol. The molecule has 1 fully saturated rings. The van der Waals surface area contributed by atoms with Crippen molar-refractivity contribution in [3.63, 3.8) is 0 Å². The van der Waals surface area contributed by atoms with Gasteiger partial charge in [0, 0.05) is 43.2 Å². The van der Waals surface area contributed by atoms with Crippen molar-refractivity contribution in [3.05, 3.63) is 35.0 Å². The van der Waals surface area contributed by atoms with Gasteiger partial charge in [-0.1, -0.05) is 18.2 Å². The minimum absolute atomic E-state index is 0. The zero-order valence-electron chi connectivity index (χ0n) is 10.9. The summed E-state index contributed by atoms with van der Waals surface area (Å²) in [7, 11) is 0. The van der Waals surface area contributed by atoms with Gasteiger partial charge in [-0.15, -0.1) is 12.4 Å². The standard InChI is InChI=1S/C14H17ClN2O.ClH/c1-10-8-17(7-6-16-10)9-12-11-4-2-3-5-13(11)18-14(12)15;/h2-5,10,16H,6-9H2,1H3;1H. The van der Waals surface area contributed by atoms with Crippen molar-refractivity contribution in [2.24, 2.45) is 0 Å². The van der Waals surface area contributed by atoms with E-state index in [0.29, 0.717) is 11.3 Å². The van der Waals surface area contributed by atoms with E-state index in [9.17, 15) is 0 Å². The smallest absolute Gasteiger partial charge is 0.199 e. The summed E-state index contributed by atoms with van der Waals surface area (Å²) >= 11 is 6.21. The maximum Gasteiger partial charge on any atom is 0.199 e. The van der Waals surface area contributed by atoms with E-state index in [1.807, 2.05) is 18.2 Å². The molecule has 0 spiro atoms. The van der Waals surface area contributed by atoms with Crippen molar-refractivity contribution < 1.29 is 4.42 Å². The number of para-hydroxylation sites is 1. The second-order valence-electron chi connectivity index (χ2n) is 4.94. The van der Waals surface area contributed by atoms with Gasteiger partial charge in [0.25, 0.3) is 0 Å². The van der Waals surface area contributed by atoms with E-state index in [1.54, 1.807) is 0 Å². The molecule has 1 saturated heterocycles. The first-order valence-electron chi connectivity index (χ1n) is 6.35. The SMILES string of the molecule is CC1CN(Cc2c(Cl)oc3ccccc23)CCN1.Cl. The minimum Gasteiger partial charge on any atom is -0.444 e. The quantitative estimate of drug-likeness (QED) is 0.922. The van der Waals surface area contributed by atoms with Crippen LogP contribution >= 0.6 is 24.0 Å². The zero-order chi connectivity index (χ0) is 12.5. The van der Waals surface area contributed by atoms with E-state index in [-0.39, 0.29) is 12.4 Å². The summed E-state index contributed by atoms with van der Waals surface area (Å²) in [5, 5.41) is 5.11. The Kier molecular flexibility index (Phi) is 4.74. The number of nitrogens with one attached hydrogen (secondary N) is 1. The van der Waals surface area contributed by atoms with Crippen LogP contribution in [0.15, 0.2) is 28.7 Å². The number of hydrogen-bond acceptors (Lipinski definition) is 3. The van der Waals surface area contributed by atoms with E-state index < -0.39 is 0 Å². The number of nitrogens with zero attached hydrogens (tertiary/aromatic N) is 1. The van der Waals surface area contributed by atoms with Gasteiger partial charge in [-0.3, -0.25) is 4.90 Å². The van der Waals surface area contributed by atoms with Gasteiger partial charge >= 0.3 is 0 Å². The van der Waals surface area contributed by atoms with Crippen molar-refractivity contribution in [1.29, 1.82) is 0 Å². The summed E-state index contributed by atoms with van der Waals surface area (Å²) in [5.41, 5.74) is 1.99. The van der Waals surface area contributed by atoms with Crippen LogP contribution < -0.4 is 5.32 Å². The number of benzene rings is 1. The molecule has 1 aromatic heterocycles. The molecule has 1 aromatic carbocycles. The van der Waals surface area contributed by atoms with E-state index in [0.717, 1.165) is 42.7 Å². The Labute approximate surface area is 124 Å². The van der Waals surface area contributed by atoms with Gasteiger partial charge in [-0.2, -0.15) is 0 Å². The first-order valence-corrected chi connectivity index (χ1v) is 6.73. The molecule has 2 aromatic rings. The van der Waals surface area contributed by atoms with Gasteiger partial charge < -0.3 is 9.73 Å². The maximum atomic E-state index is 6.21. The Morgan fingerprint density at radius 1 is 1.42 bits per heavy atom. The number of halogens is 2. The molecule has 3 nitrogen and oxygen atoms in total. The van der Waals surface area contributed by atoms with Crippen molar-refractivity contribution in [2.45, 2.75) is 19.5 Å². The largest absolute Gasteiger partial charge is 0.444 e. The second kappa shape index (κ2) is 6.14. The molecule has 0 saturated carbocycles. The number of furan rings is 1. The summed E-state index contributed by atoms with van der Waals surface area (Å²) < 4.78 is 5.59. The third-order valence-corrected chi connectivity index (χ3v) is 3.79. The van der Waals surface area contributed by atoms with Crippen LogP contribution in [0.2, 0.25) is 5.22 Å². The number of piperazine rings is 1. The molecule has 3 rings (SSSR count). The zero-order valence-corrected chi connectivity index (χ0v) is 12.4. The molecule has 0 bridgehead atoms. The molecular weight excluding hydrogens is 283 g/mol. The fraction of sp³-hybridized carbons (Fsp3) is 0.429. The van der Waals surface area contributed by atoms with Gasteiger partial charge in [-0.05, 0) is 24.6 Å². The molecule has 1 unspecified atom stereocenters. The maximum absolute atomic E-state index is 6.21. The van der Waals surface area contributed by atoms with E-state index in [1.165, 1.54) is 0 Å². The van der Waals surface area contributed by atoms with Crippen LogP contribution in [-0.4, -0.2) is 30.6 Å². The van der Waals surface area contributed by atoms with Crippen LogP contribution in [-0.2, 0) is 6.54 Å². The van der Waals surface area contributed by atoms with E-state index >= 15 is 0 Å². The number of fused-ring (bicyclic) bond motifs is 1. The van der Waals surface area contributed by atoms with Crippen molar-refractivity contribution in [1.82, 2.24) is 10.2 Å². The molecular formula is C14H18Cl2N2O. The highest BCUT2D eigenvalue weighted by Crippen LogP contribution is 2.30. The molecule has 1 atom stereocenters. The molecule has 19 heavy (non-hydrogen) atoms. The van der Waals surface area contributed by atoms with Gasteiger partial charge in [0.2, 0.25) is 0 Å². The Hall–Kier alpha value is -0.740. The average molecular weight is 301 g/mol. The van der Waals surface area contributed by atoms with Gasteiger partial charge in [0.1, 0.15) is 5.58 Å². The minimum atomic E-state index is 0. The third kappa shape index (κ3) is 3.06. The lowest BCUT2D eigenvalue weighted by Gasteiger charge is -2.31. The Morgan fingerprint density at radius 2 is 2.21 bits per heavy atom. The van der Waals surface area contributed by atoms with E-state index in [4.69, 9.17) is 16.0 Å². The van der Waals surface area contributed by atoms with Crippen LogP contribution in [0.5, 0.6) is 0 Å². The Bertz CT molecular complexity index is 555. The summed E-state index contributed by atoms with van der Waals surface area (Å²) in [6.45, 7) is 6.22. The normalized spacial score (nSPS) is 20.4. The highest BCUT2D eigenvalue weighted by atomic mass is 35.5. The first-order chi connectivity index (χ1) is 8.74. The summed E-state index contributed by atoms with van der Waals surface area (Å²) in [4.78, 5) is 2.42. The van der Waals surface area contributed by atoms with Crippen LogP contribution in [0.4, 0.5) is 0 Å². The average Bonchev–Trinajstić information content (AvgIpc) is 2.66. The topological polar surface area (TPSA) is 28.4 Å². The fourth-order valence-electron chi connectivity index (χ4n) is 2.60. The molecule has 5 heteroatoms. The van der Waals surface area contributed by atoms with Crippen LogP contribution in [0.1, 0.15) is 12.5 Å². The van der Waals surface area contributed by atoms with Gasteiger partial charge in [-0.25, -0.2) is 0 Å². The van der Waals surface area contributed by atoms with Crippen molar-refractivity contribution in [2.75, 3.05) is 19.6 Å². The van der Waals surface area contributed by atoms with Crippen molar-refractivity contribution >= 4 is 35.0 Å². The van der Waals surface area contributed by atoms with E-state index in [2.05, 4.69) is 23.2 Å². The lowest BCUT2D eigenvalue weighted by molar-refractivity contribution is 0.200. The molecule has 104 valence electrons. The van der Waals surface area contributed by atoms with Crippen molar-refractivity contribution in [3.8, 4) is 0 Å². The second-order valence-corrected chi connectivity index (χ2v) is 5.28. The molecule has 2 heterocycles. The summed E-state index contributed by atoms with van der Waals surface area (Å²) in [6.07, 6.45) is 0. The van der Waals surface area contributed by atoms with Crippen LogP contribution in [0.25, 0.3) is 11.0 Å². The molecule has 1 aliphatic heterocycles. The molecule has 0 aliphatic carbocycles. The monoisotopic (exact) mass is 300 g/mol. The number of rotatable bonds is 2. The predicted octanol–water partition coefficient (Wildman–Crippen LogP) is 3.30. The lowest BCUT2D eigenvalue weighted by Crippen LogP contribution is -2.48.